The molecule has 156 valence electrons. The number of rotatable bonds is 6. The van der Waals surface area contributed by atoms with Gasteiger partial charge < -0.3 is 9.80 Å². The maximum atomic E-state index is 13.0. The summed E-state index contributed by atoms with van der Waals surface area (Å²) < 4.78 is 0. The maximum Gasteiger partial charge on any atom is 0.265 e. The van der Waals surface area contributed by atoms with Crippen LogP contribution in [-0.4, -0.2) is 58.4 Å². The van der Waals surface area contributed by atoms with E-state index in [2.05, 4.69) is 20.9 Å². The number of thiazole rings is 1. The highest BCUT2D eigenvalue weighted by atomic mass is 35.5. The fourth-order valence-electron chi connectivity index (χ4n) is 3.82. The third kappa shape index (κ3) is 4.89. The molecule has 0 radical (unpaired) electrons. The molecule has 1 aliphatic heterocycles. The van der Waals surface area contributed by atoms with Crippen LogP contribution in [0.4, 0.5) is 0 Å². The van der Waals surface area contributed by atoms with Crippen LogP contribution in [0, 0.1) is 0 Å². The van der Waals surface area contributed by atoms with E-state index >= 15 is 0 Å². The number of nitrogens with zero attached hydrogens (tertiary/aromatic N) is 4. The lowest BCUT2D eigenvalue weighted by Crippen LogP contribution is -2.45. The first-order valence-electron chi connectivity index (χ1n) is 10.2. The molecule has 4 rings (SSSR count). The number of aromatic nitrogens is 2. The first kappa shape index (κ1) is 21.0. The van der Waals surface area contributed by atoms with Crippen molar-refractivity contribution in [1.29, 1.82) is 0 Å². The fraction of sp³-hybridized carbons (Fsp3) is 0.348. The van der Waals surface area contributed by atoms with Gasteiger partial charge in [-0.2, -0.15) is 0 Å². The lowest BCUT2D eigenvalue weighted by Gasteiger charge is -2.36. The minimum atomic E-state index is 0.0396. The van der Waals surface area contributed by atoms with Gasteiger partial charge in [-0.25, -0.2) is 4.98 Å². The molecule has 1 saturated heterocycles. The predicted octanol–water partition coefficient (Wildman–Crippen LogP) is 4.64. The Morgan fingerprint density at radius 3 is 2.67 bits per heavy atom. The van der Waals surface area contributed by atoms with Gasteiger partial charge in [0.15, 0.2) is 0 Å². The number of pyridine rings is 1. The summed E-state index contributed by atoms with van der Waals surface area (Å²) in [5.41, 5.74) is 2.00. The van der Waals surface area contributed by atoms with Gasteiger partial charge in [-0.1, -0.05) is 35.9 Å². The average Bonchev–Trinajstić information content (AvgIpc) is 3.28. The fourth-order valence-corrected chi connectivity index (χ4v) is 5.04. The topological polar surface area (TPSA) is 49.3 Å². The highest BCUT2D eigenvalue weighted by Crippen LogP contribution is 2.31. The molecule has 0 atom stereocenters. The molecule has 2 aromatic heterocycles. The molecule has 3 aromatic rings. The number of amides is 1. The number of carbonyl (C=O) groups is 1. The number of carbonyl (C=O) groups excluding carboxylic acids is 1. The van der Waals surface area contributed by atoms with Crippen molar-refractivity contribution in [3.05, 3.63) is 70.5 Å². The zero-order valence-electron chi connectivity index (χ0n) is 17.0. The van der Waals surface area contributed by atoms with E-state index in [0.29, 0.717) is 9.90 Å². The van der Waals surface area contributed by atoms with Crippen molar-refractivity contribution >= 4 is 28.8 Å². The van der Waals surface area contributed by atoms with Crippen LogP contribution >= 0.6 is 22.9 Å². The normalized spacial score (nSPS) is 15.3. The summed E-state index contributed by atoms with van der Waals surface area (Å²) in [6, 6.07) is 13.9. The minimum Gasteiger partial charge on any atom is -0.338 e. The summed E-state index contributed by atoms with van der Waals surface area (Å²) >= 11 is 7.68. The molecule has 0 N–H and O–H groups in total. The minimum absolute atomic E-state index is 0.0396. The van der Waals surface area contributed by atoms with Gasteiger partial charge in [0.2, 0.25) is 0 Å². The number of benzene rings is 1. The van der Waals surface area contributed by atoms with Crippen LogP contribution in [0.25, 0.3) is 10.6 Å². The van der Waals surface area contributed by atoms with Crippen LogP contribution in [0.5, 0.6) is 0 Å². The molecule has 0 bridgehead atoms. The van der Waals surface area contributed by atoms with Gasteiger partial charge >= 0.3 is 0 Å². The van der Waals surface area contributed by atoms with E-state index in [1.54, 1.807) is 6.20 Å². The van der Waals surface area contributed by atoms with Gasteiger partial charge in [0.1, 0.15) is 9.88 Å². The van der Waals surface area contributed by atoms with Gasteiger partial charge in [0.25, 0.3) is 5.91 Å². The van der Waals surface area contributed by atoms with Crippen molar-refractivity contribution < 1.29 is 4.79 Å². The third-order valence-electron chi connectivity index (χ3n) is 5.66. The molecule has 0 aliphatic carbocycles. The Morgan fingerprint density at radius 2 is 1.93 bits per heavy atom. The molecule has 1 fully saturated rings. The van der Waals surface area contributed by atoms with Crippen LogP contribution in [0.1, 0.15) is 28.2 Å². The van der Waals surface area contributed by atoms with Crippen LogP contribution in [0.15, 0.2) is 54.9 Å². The SMILES string of the molecule is CN(C(=O)c1cnc(-c2ccccc2Cl)s1)C1CCN(CCc2ccccn2)CC1. The summed E-state index contributed by atoms with van der Waals surface area (Å²) in [6.07, 6.45) is 6.45. The molecule has 0 saturated carbocycles. The number of hydrogen-bond acceptors (Lipinski definition) is 5. The molecule has 1 aromatic carbocycles. The zero-order chi connectivity index (χ0) is 20.9. The van der Waals surface area contributed by atoms with E-state index in [-0.39, 0.29) is 11.9 Å². The Bertz CT molecular complexity index is 986. The lowest BCUT2D eigenvalue weighted by atomic mass is 10.0. The summed E-state index contributed by atoms with van der Waals surface area (Å²) in [7, 11) is 1.91. The van der Waals surface area contributed by atoms with Gasteiger partial charge in [-0.05, 0) is 31.0 Å². The Hall–Kier alpha value is -2.28. The molecular formula is C23H25ClN4OS. The number of halogens is 1. The average molecular weight is 441 g/mol. The van der Waals surface area contributed by atoms with E-state index in [1.807, 2.05) is 54.5 Å². The first-order valence-corrected chi connectivity index (χ1v) is 11.4. The number of piperidine rings is 1. The number of hydrogen-bond donors (Lipinski definition) is 0. The molecule has 5 nitrogen and oxygen atoms in total. The largest absolute Gasteiger partial charge is 0.338 e. The Morgan fingerprint density at radius 1 is 1.17 bits per heavy atom. The molecule has 3 heterocycles. The zero-order valence-corrected chi connectivity index (χ0v) is 18.6. The van der Waals surface area contributed by atoms with Gasteiger partial charge in [-0.3, -0.25) is 9.78 Å². The van der Waals surface area contributed by atoms with Gasteiger partial charge in [-0.15, -0.1) is 11.3 Å². The highest BCUT2D eigenvalue weighted by molar-refractivity contribution is 7.17. The smallest absolute Gasteiger partial charge is 0.265 e. The second-order valence-electron chi connectivity index (χ2n) is 7.57. The maximum absolute atomic E-state index is 13.0. The van der Waals surface area contributed by atoms with E-state index in [4.69, 9.17) is 11.6 Å². The monoisotopic (exact) mass is 440 g/mol. The van der Waals surface area contributed by atoms with Crippen molar-refractivity contribution in [2.24, 2.45) is 0 Å². The van der Waals surface area contributed by atoms with Crippen LogP contribution in [0.3, 0.4) is 0 Å². The summed E-state index contributed by atoms with van der Waals surface area (Å²) in [5, 5.41) is 1.43. The second kappa shape index (κ2) is 9.69. The van der Waals surface area contributed by atoms with Gasteiger partial charge in [0, 0.05) is 56.6 Å². The third-order valence-corrected chi connectivity index (χ3v) is 7.00. The Labute approximate surface area is 186 Å². The molecular weight excluding hydrogens is 416 g/mol. The van der Waals surface area contributed by atoms with Crippen LogP contribution < -0.4 is 0 Å². The van der Waals surface area contributed by atoms with Crippen molar-refractivity contribution in [1.82, 2.24) is 19.8 Å². The summed E-state index contributed by atoms with van der Waals surface area (Å²) in [4.78, 5) is 26.9. The number of likely N-dealkylation sites (tertiary alicyclic amines) is 1. The lowest BCUT2D eigenvalue weighted by molar-refractivity contribution is 0.0648. The molecule has 0 spiro atoms. The highest BCUT2D eigenvalue weighted by Gasteiger charge is 2.27. The molecule has 7 heteroatoms. The van der Waals surface area contributed by atoms with E-state index in [1.165, 1.54) is 11.3 Å². The summed E-state index contributed by atoms with van der Waals surface area (Å²) in [6.45, 7) is 3.02. The van der Waals surface area contributed by atoms with Crippen molar-refractivity contribution in [3.8, 4) is 10.6 Å². The van der Waals surface area contributed by atoms with E-state index in [0.717, 1.165) is 55.2 Å². The molecule has 1 aliphatic rings. The standard InChI is InChI=1S/C23H25ClN4OS/c1-27(18-10-14-28(15-11-18)13-9-17-6-4-5-12-25-17)23(29)21-16-26-22(30-21)19-7-2-3-8-20(19)24/h2-8,12,16,18H,9-11,13-15H2,1H3. The Kier molecular flexibility index (Phi) is 6.77. The molecule has 1 amide bonds. The van der Waals surface area contributed by atoms with Crippen LogP contribution in [0.2, 0.25) is 5.02 Å². The van der Waals surface area contributed by atoms with Crippen molar-refractivity contribution in [2.75, 3.05) is 26.7 Å². The first-order chi connectivity index (χ1) is 14.6. The molecule has 30 heavy (non-hydrogen) atoms. The predicted molar refractivity (Wildman–Crippen MR) is 122 cm³/mol. The van der Waals surface area contributed by atoms with E-state index < -0.39 is 0 Å². The second-order valence-corrected chi connectivity index (χ2v) is 9.01. The van der Waals surface area contributed by atoms with Gasteiger partial charge in [0.05, 0.1) is 11.2 Å². The quantitative estimate of drug-likeness (QED) is 0.560. The Balaban J connectivity index is 1.31. The van der Waals surface area contributed by atoms with Crippen molar-refractivity contribution in [2.45, 2.75) is 25.3 Å². The van der Waals surface area contributed by atoms with Crippen LogP contribution in [-0.2, 0) is 6.42 Å². The summed E-state index contributed by atoms with van der Waals surface area (Å²) in [5.74, 6) is 0.0396. The van der Waals surface area contributed by atoms with E-state index in [9.17, 15) is 4.79 Å². The van der Waals surface area contributed by atoms with Crippen molar-refractivity contribution in [3.63, 3.8) is 0 Å². The molecule has 0 unspecified atom stereocenters.